The van der Waals surface area contributed by atoms with Crippen LogP contribution in [0.3, 0.4) is 0 Å². The van der Waals surface area contributed by atoms with E-state index in [1.165, 1.54) is 18.0 Å². The molecular formula is C21H24ClN5O4S. The van der Waals surface area contributed by atoms with Crippen molar-refractivity contribution >= 4 is 40.3 Å². The summed E-state index contributed by atoms with van der Waals surface area (Å²) in [5, 5.41) is 8.72. The van der Waals surface area contributed by atoms with Gasteiger partial charge in [-0.2, -0.15) is 5.10 Å². The zero-order chi connectivity index (χ0) is 22.7. The van der Waals surface area contributed by atoms with Gasteiger partial charge in [0.15, 0.2) is 17.1 Å². The molecule has 3 aromatic rings. The molecule has 0 spiro atoms. The fourth-order valence-corrected chi connectivity index (χ4v) is 4.91. The minimum atomic E-state index is -0.486. The second kappa shape index (κ2) is 10.0. The minimum Gasteiger partial charge on any atom is -0.351 e. The number of thioether (sulfide) groups is 1. The van der Waals surface area contributed by atoms with Crippen molar-refractivity contribution in [3.63, 3.8) is 0 Å². The van der Waals surface area contributed by atoms with Gasteiger partial charge >= 0.3 is 0 Å². The Morgan fingerprint density at radius 3 is 2.84 bits per heavy atom. The highest BCUT2D eigenvalue weighted by Gasteiger charge is 2.29. The lowest BCUT2D eigenvalue weighted by Gasteiger charge is -2.18. The summed E-state index contributed by atoms with van der Waals surface area (Å²) in [5.74, 6) is 0.419. The fraction of sp³-hybridized carbons (Fsp3) is 0.429. The Balaban J connectivity index is 1.54. The van der Waals surface area contributed by atoms with E-state index >= 15 is 0 Å². The van der Waals surface area contributed by atoms with Gasteiger partial charge < -0.3 is 14.8 Å². The Morgan fingerprint density at radius 1 is 1.34 bits per heavy atom. The van der Waals surface area contributed by atoms with Gasteiger partial charge in [-0.1, -0.05) is 29.4 Å². The summed E-state index contributed by atoms with van der Waals surface area (Å²) in [5.41, 5.74) is 0.987. The number of amides is 1. The summed E-state index contributed by atoms with van der Waals surface area (Å²) in [6.07, 6.45) is 1.19. The summed E-state index contributed by atoms with van der Waals surface area (Å²) < 4.78 is 14.1. The molecule has 1 atom stereocenters. The van der Waals surface area contributed by atoms with Crippen molar-refractivity contribution in [2.45, 2.75) is 37.8 Å². The van der Waals surface area contributed by atoms with Crippen LogP contribution < -0.4 is 10.9 Å². The number of hydrogen-bond donors (Lipinski definition) is 1. The zero-order valence-corrected chi connectivity index (χ0v) is 19.4. The summed E-state index contributed by atoms with van der Waals surface area (Å²) >= 11 is 7.55. The van der Waals surface area contributed by atoms with E-state index in [9.17, 15) is 9.59 Å². The molecular weight excluding hydrogens is 454 g/mol. The number of hydrogen-bond acceptors (Lipinski definition) is 7. The molecule has 2 aromatic heterocycles. The third-order valence-corrected chi connectivity index (χ3v) is 6.35. The second-order valence-electron chi connectivity index (χ2n) is 7.16. The summed E-state index contributed by atoms with van der Waals surface area (Å²) in [7, 11) is 0. The first kappa shape index (κ1) is 22.8. The molecule has 170 valence electrons. The first-order valence-corrected chi connectivity index (χ1v) is 11.8. The van der Waals surface area contributed by atoms with E-state index in [1.54, 1.807) is 21.4 Å². The van der Waals surface area contributed by atoms with Crippen molar-refractivity contribution in [2.75, 3.05) is 25.5 Å². The van der Waals surface area contributed by atoms with Crippen molar-refractivity contribution in [1.82, 2.24) is 24.6 Å². The van der Waals surface area contributed by atoms with E-state index in [2.05, 4.69) is 15.4 Å². The van der Waals surface area contributed by atoms with E-state index in [-0.39, 0.29) is 30.5 Å². The molecule has 1 aliphatic heterocycles. The Kier molecular flexibility index (Phi) is 7.14. The minimum absolute atomic E-state index is 0.167. The predicted octanol–water partition coefficient (Wildman–Crippen LogP) is 2.79. The molecule has 1 aliphatic rings. The van der Waals surface area contributed by atoms with Gasteiger partial charge in [0, 0.05) is 30.4 Å². The van der Waals surface area contributed by atoms with Crippen LogP contribution in [0.15, 0.2) is 40.4 Å². The first-order chi connectivity index (χ1) is 15.5. The third kappa shape index (κ3) is 4.68. The number of aromatic nitrogens is 4. The molecule has 0 radical (unpaired) electrons. The second-order valence-corrected chi connectivity index (χ2v) is 8.58. The van der Waals surface area contributed by atoms with Gasteiger partial charge in [0.1, 0.15) is 5.39 Å². The quantitative estimate of drug-likeness (QED) is 0.373. The van der Waals surface area contributed by atoms with E-state index < -0.39 is 6.29 Å². The Labute approximate surface area is 194 Å². The van der Waals surface area contributed by atoms with Crippen LogP contribution >= 0.6 is 23.4 Å². The SMILES string of the molecule is CCOC(CNC(=O)CC1CSc2nc3c(cnn3-c3cccc(Cl)c3)c(=O)n21)OCC. The predicted molar refractivity (Wildman–Crippen MR) is 123 cm³/mol. The van der Waals surface area contributed by atoms with Crippen LogP contribution in [-0.4, -0.2) is 57.0 Å². The smallest absolute Gasteiger partial charge is 0.265 e. The maximum absolute atomic E-state index is 13.2. The van der Waals surface area contributed by atoms with Gasteiger partial charge in [-0.05, 0) is 32.0 Å². The standard InChI is InChI=1S/C21H24ClN5O4S/c1-3-30-18(31-4-2)11-23-17(28)9-15-12-32-21-25-19-16(20(29)26(15)21)10-24-27(19)14-7-5-6-13(22)8-14/h5-8,10,15,18H,3-4,9,11-12H2,1-2H3,(H,23,28). The highest BCUT2D eigenvalue weighted by molar-refractivity contribution is 7.99. The lowest BCUT2D eigenvalue weighted by molar-refractivity contribution is -0.140. The Bertz CT molecular complexity index is 1170. The van der Waals surface area contributed by atoms with Crippen LogP contribution in [0, 0.1) is 0 Å². The molecule has 32 heavy (non-hydrogen) atoms. The van der Waals surface area contributed by atoms with Gasteiger partial charge in [-0.15, -0.1) is 0 Å². The van der Waals surface area contributed by atoms with Gasteiger partial charge in [-0.3, -0.25) is 14.2 Å². The van der Waals surface area contributed by atoms with Crippen molar-refractivity contribution in [3.8, 4) is 5.69 Å². The maximum atomic E-state index is 13.2. The molecule has 1 amide bonds. The van der Waals surface area contributed by atoms with Crippen molar-refractivity contribution in [1.29, 1.82) is 0 Å². The van der Waals surface area contributed by atoms with Gasteiger partial charge in [-0.25, -0.2) is 9.67 Å². The third-order valence-electron chi connectivity index (χ3n) is 5.02. The number of ether oxygens (including phenoxy) is 2. The topological polar surface area (TPSA) is 100 Å². The molecule has 1 aromatic carbocycles. The number of benzene rings is 1. The normalized spacial score (nSPS) is 15.4. The largest absolute Gasteiger partial charge is 0.351 e. The van der Waals surface area contributed by atoms with Gasteiger partial charge in [0.05, 0.1) is 24.5 Å². The van der Waals surface area contributed by atoms with Gasteiger partial charge in [0.25, 0.3) is 5.56 Å². The monoisotopic (exact) mass is 477 g/mol. The molecule has 0 saturated heterocycles. The van der Waals surface area contributed by atoms with Crippen molar-refractivity contribution < 1.29 is 14.3 Å². The maximum Gasteiger partial charge on any atom is 0.265 e. The number of carbonyl (C=O) groups is 1. The average Bonchev–Trinajstić information content (AvgIpc) is 3.37. The number of halogens is 1. The zero-order valence-electron chi connectivity index (χ0n) is 17.8. The molecule has 1 unspecified atom stereocenters. The van der Waals surface area contributed by atoms with Gasteiger partial charge in [0.2, 0.25) is 5.91 Å². The van der Waals surface area contributed by atoms with E-state index in [1.807, 2.05) is 26.0 Å². The lowest BCUT2D eigenvalue weighted by atomic mass is 10.2. The van der Waals surface area contributed by atoms with Crippen LogP contribution in [0.2, 0.25) is 5.02 Å². The Morgan fingerprint density at radius 2 is 2.12 bits per heavy atom. The summed E-state index contributed by atoms with van der Waals surface area (Å²) in [4.78, 5) is 30.4. The molecule has 0 fully saturated rings. The highest BCUT2D eigenvalue weighted by Crippen LogP contribution is 2.33. The molecule has 0 saturated carbocycles. The number of fused-ring (bicyclic) bond motifs is 2. The van der Waals surface area contributed by atoms with Crippen LogP contribution in [0.4, 0.5) is 0 Å². The molecule has 11 heteroatoms. The average molecular weight is 478 g/mol. The van der Waals surface area contributed by atoms with Crippen LogP contribution in [0.25, 0.3) is 16.7 Å². The summed E-state index contributed by atoms with van der Waals surface area (Å²) in [6, 6.07) is 6.91. The molecule has 9 nitrogen and oxygen atoms in total. The van der Waals surface area contributed by atoms with Crippen LogP contribution in [-0.2, 0) is 14.3 Å². The molecule has 0 aliphatic carbocycles. The number of rotatable bonds is 9. The Hall–Kier alpha value is -2.40. The first-order valence-electron chi connectivity index (χ1n) is 10.4. The summed E-state index contributed by atoms with van der Waals surface area (Å²) in [6.45, 7) is 4.98. The molecule has 4 rings (SSSR count). The lowest BCUT2D eigenvalue weighted by Crippen LogP contribution is -2.37. The number of nitrogens with zero attached hydrogens (tertiary/aromatic N) is 4. The highest BCUT2D eigenvalue weighted by atomic mass is 35.5. The van der Waals surface area contributed by atoms with Crippen LogP contribution in [0.5, 0.6) is 0 Å². The molecule has 3 heterocycles. The fourth-order valence-electron chi connectivity index (χ4n) is 3.60. The van der Waals surface area contributed by atoms with Crippen molar-refractivity contribution in [3.05, 3.63) is 45.8 Å². The van der Waals surface area contributed by atoms with Crippen LogP contribution in [0.1, 0.15) is 26.3 Å². The number of carbonyl (C=O) groups excluding carboxylic acids is 1. The van der Waals surface area contributed by atoms with E-state index in [0.717, 1.165) is 5.69 Å². The molecule has 1 N–H and O–H groups in total. The molecule has 0 bridgehead atoms. The van der Waals surface area contributed by atoms with Crippen molar-refractivity contribution in [2.24, 2.45) is 0 Å². The van der Waals surface area contributed by atoms with E-state index in [4.69, 9.17) is 21.1 Å². The van der Waals surface area contributed by atoms with E-state index in [0.29, 0.717) is 40.2 Å². The number of nitrogens with one attached hydrogen (secondary N) is 1.